The zero-order valence-electron chi connectivity index (χ0n) is 11.0. The maximum absolute atomic E-state index is 12.5. The lowest BCUT2D eigenvalue weighted by atomic mass is 9.93. The van der Waals surface area contributed by atoms with E-state index in [0.29, 0.717) is 17.3 Å². The van der Waals surface area contributed by atoms with Gasteiger partial charge in [0, 0.05) is 16.8 Å². The van der Waals surface area contributed by atoms with Crippen LogP contribution in [0.1, 0.15) is 22.6 Å². The summed E-state index contributed by atoms with van der Waals surface area (Å²) in [6.45, 7) is 0. The van der Waals surface area contributed by atoms with E-state index in [1.165, 1.54) is 12.1 Å². The molecule has 1 unspecified atom stereocenters. The molecular formula is C16H13Cl2F3. The zero-order chi connectivity index (χ0) is 15.5. The van der Waals surface area contributed by atoms with Crippen LogP contribution >= 0.6 is 23.2 Å². The van der Waals surface area contributed by atoms with E-state index in [9.17, 15) is 13.2 Å². The molecule has 2 aromatic rings. The van der Waals surface area contributed by atoms with Gasteiger partial charge in [0.2, 0.25) is 0 Å². The fourth-order valence-electron chi connectivity index (χ4n) is 2.14. The normalized spacial score (nSPS) is 13.2. The molecule has 0 aliphatic rings. The van der Waals surface area contributed by atoms with Crippen molar-refractivity contribution in [2.45, 2.75) is 18.5 Å². The molecule has 0 nitrogen and oxygen atoms in total. The Bertz CT molecular complexity index is 591. The summed E-state index contributed by atoms with van der Waals surface area (Å²) in [6.07, 6.45) is -3.74. The van der Waals surface area contributed by atoms with Gasteiger partial charge in [0.1, 0.15) is 0 Å². The molecule has 0 spiro atoms. The number of rotatable bonds is 4. The molecule has 112 valence electrons. The third kappa shape index (κ3) is 4.39. The molecule has 0 amide bonds. The lowest BCUT2D eigenvalue weighted by molar-refractivity contribution is -0.137. The molecule has 0 N–H and O–H groups in total. The summed E-state index contributed by atoms with van der Waals surface area (Å²) in [5.74, 6) is 0.392. The molecule has 0 bridgehead atoms. The Balaban J connectivity index is 2.15. The van der Waals surface area contributed by atoms with Crippen LogP contribution in [0.4, 0.5) is 13.2 Å². The summed E-state index contributed by atoms with van der Waals surface area (Å²) >= 11 is 11.9. The first-order chi connectivity index (χ1) is 9.90. The van der Waals surface area contributed by atoms with Crippen LogP contribution in [0.3, 0.4) is 0 Å². The number of alkyl halides is 4. The van der Waals surface area contributed by atoms with Crippen molar-refractivity contribution in [3.8, 4) is 0 Å². The minimum Gasteiger partial charge on any atom is -0.166 e. The highest BCUT2D eigenvalue weighted by Crippen LogP contribution is 2.30. The average molecular weight is 333 g/mol. The molecule has 0 radical (unpaired) electrons. The van der Waals surface area contributed by atoms with Gasteiger partial charge >= 0.3 is 6.18 Å². The number of halogens is 5. The molecule has 0 aromatic heterocycles. The van der Waals surface area contributed by atoms with E-state index >= 15 is 0 Å². The predicted octanol–water partition coefficient (Wildman–Crippen LogP) is 5.92. The molecule has 1 atom stereocenters. The van der Waals surface area contributed by atoms with Crippen molar-refractivity contribution in [2.24, 2.45) is 0 Å². The monoisotopic (exact) mass is 332 g/mol. The number of hydrogen-bond acceptors (Lipinski definition) is 0. The largest absolute Gasteiger partial charge is 0.416 e. The van der Waals surface area contributed by atoms with Crippen LogP contribution in [0.25, 0.3) is 0 Å². The van der Waals surface area contributed by atoms with Gasteiger partial charge < -0.3 is 0 Å². The molecule has 2 aromatic carbocycles. The molecule has 2 rings (SSSR count). The number of benzene rings is 2. The highest BCUT2D eigenvalue weighted by atomic mass is 35.5. The molecule has 0 saturated carbocycles. The van der Waals surface area contributed by atoms with E-state index in [4.69, 9.17) is 23.2 Å². The first-order valence-corrected chi connectivity index (χ1v) is 7.29. The first kappa shape index (κ1) is 16.2. The fraction of sp³-hybridized carbons (Fsp3) is 0.250. The third-order valence-corrected chi connectivity index (χ3v) is 3.88. The van der Waals surface area contributed by atoms with Gasteiger partial charge in [-0.05, 0) is 41.8 Å². The highest BCUT2D eigenvalue weighted by Gasteiger charge is 2.30. The van der Waals surface area contributed by atoms with Crippen molar-refractivity contribution in [2.75, 3.05) is 5.88 Å². The van der Waals surface area contributed by atoms with Crippen LogP contribution in [-0.4, -0.2) is 5.88 Å². The van der Waals surface area contributed by atoms with Crippen LogP contribution in [0, 0.1) is 0 Å². The van der Waals surface area contributed by atoms with Crippen LogP contribution in [-0.2, 0) is 12.6 Å². The van der Waals surface area contributed by atoms with E-state index in [1.54, 1.807) is 6.07 Å². The molecule has 5 heteroatoms. The number of hydrogen-bond donors (Lipinski definition) is 0. The van der Waals surface area contributed by atoms with Crippen molar-refractivity contribution in [3.63, 3.8) is 0 Å². The Morgan fingerprint density at radius 3 is 2.19 bits per heavy atom. The van der Waals surface area contributed by atoms with Crippen LogP contribution in [0.15, 0.2) is 48.5 Å². The fourth-order valence-corrected chi connectivity index (χ4v) is 2.62. The SMILES string of the molecule is FC(F)(F)c1ccc(CC(CCl)c2cccc(Cl)c2)cc1. The summed E-state index contributed by atoms with van der Waals surface area (Å²) in [6, 6.07) is 12.5. The van der Waals surface area contributed by atoms with Gasteiger partial charge in [0.25, 0.3) is 0 Å². The van der Waals surface area contributed by atoms with Crippen molar-refractivity contribution in [1.82, 2.24) is 0 Å². The maximum Gasteiger partial charge on any atom is 0.416 e. The molecule has 0 heterocycles. The quantitative estimate of drug-likeness (QED) is 0.609. The topological polar surface area (TPSA) is 0 Å². The Morgan fingerprint density at radius 1 is 1.00 bits per heavy atom. The van der Waals surface area contributed by atoms with Gasteiger partial charge in [-0.15, -0.1) is 11.6 Å². The van der Waals surface area contributed by atoms with E-state index in [-0.39, 0.29) is 5.92 Å². The molecule has 0 saturated heterocycles. The van der Waals surface area contributed by atoms with Crippen LogP contribution < -0.4 is 0 Å². The van der Waals surface area contributed by atoms with Gasteiger partial charge in [-0.3, -0.25) is 0 Å². The first-order valence-electron chi connectivity index (χ1n) is 6.37. The molecule has 0 aliphatic carbocycles. The van der Waals surface area contributed by atoms with Crippen LogP contribution in [0.5, 0.6) is 0 Å². The predicted molar refractivity (Wildman–Crippen MR) is 80.1 cm³/mol. The third-order valence-electron chi connectivity index (χ3n) is 3.27. The molecule has 0 fully saturated rings. The van der Waals surface area contributed by atoms with Gasteiger partial charge in [-0.1, -0.05) is 35.9 Å². The summed E-state index contributed by atoms with van der Waals surface area (Å²) in [4.78, 5) is 0. The smallest absolute Gasteiger partial charge is 0.166 e. The second-order valence-corrected chi connectivity index (χ2v) is 5.55. The minimum atomic E-state index is -4.31. The van der Waals surface area contributed by atoms with E-state index in [0.717, 1.165) is 23.3 Å². The zero-order valence-corrected chi connectivity index (χ0v) is 12.5. The van der Waals surface area contributed by atoms with Gasteiger partial charge in [0.15, 0.2) is 0 Å². The maximum atomic E-state index is 12.5. The van der Waals surface area contributed by atoms with Gasteiger partial charge in [0.05, 0.1) is 5.56 Å². The Labute approximate surface area is 131 Å². The lowest BCUT2D eigenvalue weighted by Crippen LogP contribution is -2.07. The van der Waals surface area contributed by atoms with Crippen LogP contribution in [0.2, 0.25) is 5.02 Å². The standard InChI is InChI=1S/C16H13Cl2F3/c17-10-13(12-2-1-3-15(18)9-12)8-11-4-6-14(7-5-11)16(19,20)21/h1-7,9,13H,8,10H2. The summed E-state index contributed by atoms with van der Waals surface area (Å²) < 4.78 is 37.6. The van der Waals surface area contributed by atoms with Crippen molar-refractivity contribution >= 4 is 23.2 Å². The van der Waals surface area contributed by atoms with Gasteiger partial charge in [-0.2, -0.15) is 13.2 Å². The lowest BCUT2D eigenvalue weighted by Gasteiger charge is -2.15. The van der Waals surface area contributed by atoms with E-state index in [2.05, 4.69) is 0 Å². The summed E-state index contributed by atoms with van der Waals surface area (Å²) in [7, 11) is 0. The molecule has 21 heavy (non-hydrogen) atoms. The average Bonchev–Trinajstić information content (AvgIpc) is 2.44. The van der Waals surface area contributed by atoms with Gasteiger partial charge in [-0.25, -0.2) is 0 Å². The minimum absolute atomic E-state index is 0.0158. The van der Waals surface area contributed by atoms with E-state index < -0.39 is 11.7 Å². The molecule has 0 aliphatic heterocycles. The summed E-state index contributed by atoms with van der Waals surface area (Å²) in [5.41, 5.74) is 1.16. The Morgan fingerprint density at radius 2 is 1.67 bits per heavy atom. The van der Waals surface area contributed by atoms with Crippen molar-refractivity contribution in [3.05, 3.63) is 70.2 Å². The summed E-state index contributed by atoms with van der Waals surface area (Å²) in [5, 5.41) is 0.620. The van der Waals surface area contributed by atoms with Crippen molar-refractivity contribution in [1.29, 1.82) is 0 Å². The Hall–Kier alpha value is -1.19. The Kier molecular flexibility index (Phi) is 5.17. The second-order valence-electron chi connectivity index (χ2n) is 4.81. The van der Waals surface area contributed by atoms with Crippen molar-refractivity contribution < 1.29 is 13.2 Å². The highest BCUT2D eigenvalue weighted by molar-refractivity contribution is 6.30. The molecular weight excluding hydrogens is 320 g/mol. The second kappa shape index (κ2) is 6.71. The van der Waals surface area contributed by atoms with E-state index in [1.807, 2.05) is 18.2 Å².